The third kappa shape index (κ3) is 2.15. The van der Waals surface area contributed by atoms with Crippen LogP contribution in [0.15, 0.2) is 12.1 Å². The Morgan fingerprint density at radius 2 is 1.89 bits per heavy atom. The first-order valence-corrected chi connectivity index (χ1v) is 6.56. The molecule has 4 heteroatoms. The minimum Gasteiger partial charge on any atom is -0.325 e. The van der Waals surface area contributed by atoms with Crippen molar-refractivity contribution in [1.82, 2.24) is 4.98 Å². The quantitative estimate of drug-likeness (QED) is 0.899. The van der Waals surface area contributed by atoms with Crippen LogP contribution >= 0.6 is 11.3 Å². The van der Waals surface area contributed by atoms with Gasteiger partial charge in [0.25, 0.3) is 0 Å². The Labute approximate surface area is 111 Å². The molecule has 0 saturated heterocycles. The third-order valence-corrected chi connectivity index (χ3v) is 4.03. The first-order valence-electron chi connectivity index (χ1n) is 5.75. The van der Waals surface area contributed by atoms with Gasteiger partial charge < -0.3 is 5.73 Å². The zero-order valence-electron chi connectivity index (χ0n) is 10.7. The van der Waals surface area contributed by atoms with Crippen LogP contribution in [0.2, 0.25) is 0 Å². The number of nitrogens with zero attached hydrogens (tertiary/aromatic N) is 2. The Bertz CT molecular complexity index is 635. The lowest BCUT2D eigenvalue weighted by atomic mass is 9.98. The van der Waals surface area contributed by atoms with E-state index in [2.05, 4.69) is 37.0 Å². The van der Waals surface area contributed by atoms with Gasteiger partial charge in [-0.2, -0.15) is 5.26 Å². The molecule has 0 fully saturated rings. The van der Waals surface area contributed by atoms with E-state index in [-0.39, 0.29) is 0 Å². The molecule has 1 aromatic heterocycles. The fourth-order valence-electron chi connectivity index (χ4n) is 1.93. The molecule has 0 unspecified atom stereocenters. The summed E-state index contributed by atoms with van der Waals surface area (Å²) in [4.78, 5) is 5.11. The lowest BCUT2D eigenvalue weighted by Gasteiger charge is -2.08. The number of hydrogen-bond acceptors (Lipinski definition) is 4. The summed E-state index contributed by atoms with van der Waals surface area (Å²) in [5.74, 6) is 0. The summed E-state index contributed by atoms with van der Waals surface area (Å²) in [6, 6.07) is 6.44. The van der Waals surface area contributed by atoms with Crippen LogP contribution in [0.5, 0.6) is 0 Å². The predicted molar refractivity (Wildman–Crippen MR) is 74.4 cm³/mol. The summed E-state index contributed by atoms with van der Waals surface area (Å²) >= 11 is 1.38. The molecule has 0 saturated carbocycles. The molecular weight excluding hydrogens is 242 g/mol. The molecule has 2 N–H and O–H groups in total. The molecular formula is C14H15N3S. The van der Waals surface area contributed by atoms with Crippen molar-refractivity contribution in [3.63, 3.8) is 0 Å². The predicted octanol–water partition coefficient (Wildman–Crippen LogP) is 3.07. The lowest BCUT2D eigenvalue weighted by molar-refractivity contribution is 1.04. The maximum Gasteiger partial charge on any atom is 0.132 e. The molecule has 18 heavy (non-hydrogen) atoms. The zero-order chi connectivity index (χ0) is 13.3. The van der Waals surface area contributed by atoms with Crippen molar-refractivity contribution >= 4 is 11.3 Å². The summed E-state index contributed by atoms with van der Waals surface area (Å²) in [7, 11) is 0. The Morgan fingerprint density at radius 3 is 2.50 bits per heavy atom. The van der Waals surface area contributed by atoms with Gasteiger partial charge in [-0.3, -0.25) is 0 Å². The highest BCUT2D eigenvalue weighted by Crippen LogP contribution is 2.31. The fourth-order valence-corrected chi connectivity index (χ4v) is 2.68. The largest absolute Gasteiger partial charge is 0.325 e. The number of aryl methyl sites for hydroxylation is 3. The number of thiazole rings is 1. The van der Waals surface area contributed by atoms with E-state index in [1.165, 1.54) is 22.5 Å². The van der Waals surface area contributed by atoms with Gasteiger partial charge in [0.05, 0.1) is 5.69 Å². The maximum atomic E-state index is 9.18. The molecule has 0 atom stereocenters. The SMILES string of the molecule is Cc1cc(C)c(-c2nc(CN)sc2C#N)cc1C. The minimum absolute atomic E-state index is 0.378. The average Bonchev–Trinajstić information content (AvgIpc) is 2.77. The van der Waals surface area contributed by atoms with Crippen LogP contribution in [-0.2, 0) is 6.54 Å². The standard InChI is InChI=1S/C14H15N3S/c1-8-4-10(3)11(5-9(8)2)14-12(6-15)18-13(7-16)17-14/h4-5H,7,16H2,1-3H3. The molecule has 0 aliphatic carbocycles. The van der Waals surface area contributed by atoms with Crippen molar-refractivity contribution in [2.45, 2.75) is 27.3 Å². The summed E-state index contributed by atoms with van der Waals surface area (Å²) in [5, 5.41) is 9.99. The highest BCUT2D eigenvalue weighted by Gasteiger charge is 2.14. The van der Waals surface area contributed by atoms with Crippen molar-refractivity contribution in [2.75, 3.05) is 0 Å². The van der Waals surface area contributed by atoms with E-state index in [0.717, 1.165) is 21.8 Å². The molecule has 3 nitrogen and oxygen atoms in total. The van der Waals surface area contributed by atoms with Crippen LogP contribution in [0.4, 0.5) is 0 Å². The second-order valence-corrected chi connectivity index (χ2v) is 5.44. The van der Waals surface area contributed by atoms with E-state index in [4.69, 9.17) is 5.73 Å². The lowest BCUT2D eigenvalue weighted by Crippen LogP contribution is -1.95. The van der Waals surface area contributed by atoms with Crippen molar-refractivity contribution < 1.29 is 0 Å². The number of nitriles is 1. The number of benzene rings is 1. The molecule has 0 aliphatic rings. The molecule has 0 aliphatic heterocycles. The van der Waals surface area contributed by atoms with Crippen LogP contribution in [-0.4, -0.2) is 4.98 Å². The van der Waals surface area contributed by atoms with Gasteiger partial charge in [0.2, 0.25) is 0 Å². The van der Waals surface area contributed by atoms with Crippen LogP contribution in [0.25, 0.3) is 11.3 Å². The first-order chi connectivity index (χ1) is 8.56. The van der Waals surface area contributed by atoms with E-state index >= 15 is 0 Å². The van der Waals surface area contributed by atoms with Gasteiger partial charge in [0, 0.05) is 12.1 Å². The molecule has 1 aromatic carbocycles. The summed E-state index contributed by atoms with van der Waals surface area (Å²) in [5.41, 5.74) is 11.0. The van der Waals surface area contributed by atoms with Crippen molar-refractivity contribution in [3.8, 4) is 17.3 Å². The Morgan fingerprint density at radius 1 is 1.22 bits per heavy atom. The number of aromatic nitrogens is 1. The molecule has 92 valence electrons. The molecule has 2 rings (SSSR count). The van der Waals surface area contributed by atoms with Gasteiger partial charge >= 0.3 is 0 Å². The van der Waals surface area contributed by atoms with E-state index in [1.807, 2.05) is 6.92 Å². The molecule has 2 aromatic rings. The fraction of sp³-hybridized carbons (Fsp3) is 0.286. The smallest absolute Gasteiger partial charge is 0.132 e. The minimum atomic E-state index is 0.378. The van der Waals surface area contributed by atoms with Crippen LogP contribution in [0.3, 0.4) is 0 Å². The normalized spacial score (nSPS) is 10.4. The van der Waals surface area contributed by atoms with Gasteiger partial charge in [-0.05, 0) is 43.5 Å². The summed E-state index contributed by atoms with van der Waals surface area (Å²) < 4.78 is 0. The van der Waals surface area contributed by atoms with Gasteiger partial charge in [-0.1, -0.05) is 6.07 Å². The van der Waals surface area contributed by atoms with Gasteiger partial charge in [0.15, 0.2) is 0 Å². The number of nitrogens with two attached hydrogens (primary N) is 1. The average molecular weight is 257 g/mol. The number of rotatable bonds is 2. The van der Waals surface area contributed by atoms with Crippen LogP contribution in [0, 0.1) is 32.1 Å². The molecule has 0 amide bonds. The zero-order valence-corrected chi connectivity index (χ0v) is 11.6. The summed E-state index contributed by atoms with van der Waals surface area (Å²) in [6.45, 7) is 6.58. The van der Waals surface area contributed by atoms with Gasteiger partial charge in [-0.15, -0.1) is 11.3 Å². The van der Waals surface area contributed by atoms with E-state index < -0.39 is 0 Å². The van der Waals surface area contributed by atoms with E-state index in [0.29, 0.717) is 11.4 Å². The molecule has 0 spiro atoms. The third-order valence-electron chi connectivity index (χ3n) is 3.04. The molecule has 0 bridgehead atoms. The monoisotopic (exact) mass is 257 g/mol. The Hall–Kier alpha value is -1.70. The Kier molecular flexibility index (Phi) is 3.46. The van der Waals surface area contributed by atoms with E-state index in [9.17, 15) is 5.26 Å². The van der Waals surface area contributed by atoms with Gasteiger partial charge in [-0.25, -0.2) is 4.98 Å². The second kappa shape index (κ2) is 4.89. The van der Waals surface area contributed by atoms with Crippen molar-refractivity contribution in [2.24, 2.45) is 5.73 Å². The molecule has 1 heterocycles. The van der Waals surface area contributed by atoms with Crippen LogP contribution < -0.4 is 5.73 Å². The highest BCUT2D eigenvalue weighted by molar-refractivity contribution is 7.12. The van der Waals surface area contributed by atoms with Gasteiger partial charge in [0.1, 0.15) is 16.0 Å². The topological polar surface area (TPSA) is 62.7 Å². The second-order valence-electron chi connectivity index (χ2n) is 4.35. The summed E-state index contributed by atoms with van der Waals surface area (Å²) in [6.07, 6.45) is 0. The number of hydrogen-bond donors (Lipinski definition) is 1. The maximum absolute atomic E-state index is 9.18. The van der Waals surface area contributed by atoms with E-state index in [1.54, 1.807) is 0 Å². The Balaban J connectivity index is 2.65. The molecule has 0 radical (unpaired) electrons. The van der Waals surface area contributed by atoms with Crippen molar-refractivity contribution in [1.29, 1.82) is 5.26 Å². The first kappa shape index (κ1) is 12.7. The highest BCUT2D eigenvalue weighted by atomic mass is 32.1. The van der Waals surface area contributed by atoms with Crippen LogP contribution in [0.1, 0.15) is 26.6 Å². The van der Waals surface area contributed by atoms with Crippen molar-refractivity contribution in [3.05, 3.63) is 38.7 Å².